The van der Waals surface area contributed by atoms with Crippen molar-refractivity contribution in [2.45, 2.75) is 27.7 Å². The molecule has 0 fully saturated rings. The van der Waals surface area contributed by atoms with Gasteiger partial charge in [0, 0.05) is 22.7 Å². The first-order valence-corrected chi connectivity index (χ1v) is 6.46. The Bertz CT molecular complexity index is 545. The van der Waals surface area contributed by atoms with Crippen LogP contribution < -0.4 is 22.9 Å². The zero-order valence-corrected chi connectivity index (χ0v) is 12.6. The summed E-state index contributed by atoms with van der Waals surface area (Å²) in [4.78, 5) is 0. The van der Waals surface area contributed by atoms with Crippen LogP contribution in [0.1, 0.15) is 22.3 Å². The van der Waals surface area contributed by atoms with Gasteiger partial charge in [-0.2, -0.15) is 0 Å². The molecular formula is C16H24N4. The van der Waals surface area contributed by atoms with E-state index in [4.69, 9.17) is 22.9 Å². The lowest BCUT2D eigenvalue weighted by atomic mass is 10.1. The molecule has 0 bridgehead atoms. The van der Waals surface area contributed by atoms with Crippen molar-refractivity contribution in [2.75, 3.05) is 22.9 Å². The van der Waals surface area contributed by atoms with Crippen molar-refractivity contribution in [3.05, 3.63) is 46.5 Å². The van der Waals surface area contributed by atoms with Crippen LogP contribution in [-0.2, 0) is 0 Å². The molecule has 2 aromatic rings. The maximum atomic E-state index is 5.70. The van der Waals surface area contributed by atoms with Gasteiger partial charge in [0.1, 0.15) is 0 Å². The summed E-state index contributed by atoms with van der Waals surface area (Å²) in [5.74, 6) is 0. The fourth-order valence-corrected chi connectivity index (χ4v) is 1.87. The topological polar surface area (TPSA) is 104 Å². The SMILES string of the molecule is Cc1cc(N)c(C)cc1N.Cc1cc(N)cc(C)c1N. The Hall–Kier alpha value is -2.36. The zero-order chi connectivity index (χ0) is 15.4. The van der Waals surface area contributed by atoms with Crippen molar-refractivity contribution in [3.63, 3.8) is 0 Å². The molecule has 0 amide bonds. The van der Waals surface area contributed by atoms with E-state index in [1.54, 1.807) is 0 Å². The second kappa shape index (κ2) is 6.19. The number of hydrogen-bond acceptors (Lipinski definition) is 4. The van der Waals surface area contributed by atoms with Crippen molar-refractivity contribution in [1.82, 2.24) is 0 Å². The Balaban J connectivity index is 0.000000200. The third-order valence-corrected chi connectivity index (χ3v) is 3.27. The largest absolute Gasteiger partial charge is 0.399 e. The molecule has 2 rings (SSSR count). The molecule has 8 N–H and O–H groups in total. The number of rotatable bonds is 0. The Morgan fingerprint density at radius 3 is 1.25 bits per heavy atom. The highest BCUT2D eigenvalue weighted by molar-refractivity contribution is 5.60. The molecular weight excluding hydrogens is 248 g/mol. The molecule has 2 aromatic carbocycles. The summed E-state index contributed by atoms with van der Waals surface area (Å²) in [7, 11) is 0. The monoisotopic (exact) mass is 272 g/mol. The molecule has 20 heavy (non-hydrogen) atoms. The average Bonchev–Trinajstić information content (AvgIpc) is 2.34. The van der Waals surface area contributed by atoms with E-state index in [-0.39, 0.29) is 0 Å². The second-order valence-electron chi connectivity index (χ2n) is 5.13. The highest BCUT2D eigenvalue weighted by atomic mass is 14.6. The molecule has 0 aliphatic rings. The predicted octanol–water partition coefficient (Wildman–Crippen LogP) is 2.94. The molecule has 0 heterocycles. The zero-order valence-electron chi connectivity index (χ0n) is 12.6. The predicted molar refractivity (Wildman–Crippen MR) is 89.5 cm³/mol. The van der Waals surface area contributed by atoms with Crippen LogP contribution in [0.3, 0.4) is 0 Å². The van der Waals surface area contributed by atoms with E-state index in [1.807, 2.05) is 52.0 Å². The Kier molecular flexibility index (Phi) is 4.86. The van der Waals surface area contributed by atoms with E-state index in [1.165, 1.54) is 0 Å². The molecule has 0 aliphatic carbocycles. The van der Waals surface area contributed by atoms with Crippen LogP contribution in [0.4, 0.5) is 22.7 Å². The number of anilines is 4. The van der Waals surface area contributed by atoms with Crippen LogP contribution in [-0.4, -0.2) is 0 Å². The summed E-state index contributed by atoms with van der Waals surface area (Å²) in [5, 5.41) is 0. The molecule has 0 unspecified atom stereocenters. The maximum absolute atomic E-state index is 5.70. The van der Waals surface area contributed by atoms with E-state index in [2.05, 4.69) is 0 Å². The number of nitrogens with two attached hydrogens (primary N) is 4. The third-order valence-electron chi connectivity index (χ3n) is 3.27. The molecule has 0 spiro atoms. The molecule has 0 saturated heterocycles. The van der Waals surface area contributed by atoms with Crippen LogP contribution >= 0.6 is 0 Å². The lowest BCUT2D eigenvalue weighted by Crippen LogP contribution is -1.95. The van der Waals surface area contributed by atoms with Gasteiger partial charge in [-0.05, 0) is 74.2 Å². The highest BCUT2D eigenvalue weighted by Crippen LogP contribution is 2.19. The van der Waals surface area contributed by atoms with Gasteiger partial charge in [0.25, 0.3) is 0 Å². The molecule has 0 saturated carbocycles. The van der Waals surface area contributed by atoms with Crippen molar-refractivity contribution in [1.29, 1.82) is 0 Å². The fourth-order valence-electron chi connectivity index (χ4n) is 1.87. The van der Waals surface area contributed by atoms with Crippen molar-refractivity contribution >= 4 is 22.7 Å². The van der Waals surface area contributed by atoms with Gasteiger partial charge in [0.05, 0.1) is 0 Å². The number of aryl methyl sites for hydroxylation is 4. The summed E-state index contributed by atoms with van der Waals surface area (Å²) in [6, 6.07) is 7.54. The second-order valence-corrected chi connectivity index (χ2v) is 5.13. The molecule has 108 valence electrons. The summed E-state index contributed by atoms with van der Waals surface area (Å²) >= 11 is 0. The van der Waals surface area contributed by atoms with Gasteiger partial charge in [0.2, 0.25) is 0 Å². The maximum Gasteiger partial charge on any atom is 0.0374 e. The van der Waals surface area contributed by atoms with Crippen molar-refractivity contribution in [3.8, 4) is 0 Å². The summed E-state index contributed by atoms with van der Waals surface area (Å²) in [5.41, 5.74) is 30.0. The summed E-state index contributed by atoms with van der Waals surface area (Å²) in [6.07, 6.45) is 0. The number of nitrogen functional groups attached to an aromatic ring is 4. The average molecular weight is 272 g/mol. The minimum Gasteiger partial charge on any atom is -0.399 e. The van der Waals surface area contributed by atoms with E-state index < -0.39 is 0 Å². The van der Waals surface area contributed by atoms with Crippen LogP contribution in [0.5, 0.6) is 0 Å². The fraction of sp³-hybridized carbons (Fsp3) is 0.250. The Labute approximate surface area is 120 Å². The molecule has 4 nitrogen and oxygen atoms in total. The first-order chi connectivity index (χ1) is 9.22. The standard InChI is InChI=1S/2C8H12N2/c1-5-3-8(10)6(2)4-7(5)9;1-5-3-7(9)4-6(2)8(5)10/h2*3-4H,9-10H2,1-2H3. The van der Waals surface area contributed by atoms with Gasteiger partial charge in [-0.15, -0.1) is 0 Å². The van der Waals surface area contributed by atoms with Crippen LogP contribution in [0.2, 0.25) is 0 Å². The van der Waals surface area contributed by atoms with Gasteiger partial charge in [-0.3, -0.25) is 0 Å². The van der Waals surface area contributed by atoms with E-state index in [0.29, 0.717) is 0 Å². The van der Waals surface area contributed by atoms with E-state index in [0.717, 1.165) is 45.0 Å². The summed E-state index contributed by atoms with van der Waals surface area (Å²) in [6.45, 7) is 7.81. The Morgan fingerprint density at radius 2 is 0.900 bits per heavy atom. The molecule has 4 heteroatoms. The number of hydrogen-bond donors (Lipinski definition) is 4. The van der Waals surface area contributed by atoms with Gasteiger partial charge in [0.15, 0.2) is 0 Å². The lowest BCUT2D eigenvalue weighted by Gasteiger charge is -2.04. The van der Waals surface area contributed by atoms with Crippen molar-refractivity contribution < 1.29 is 0 Å². The summed E-state index contributed by atoms with van der Waals surface area (Å²) < 4.78 is 0. The molecule has 0 radical (unpaired) electrons. The van der Waals surface area contributed by atoms with Gasteiger partial charge >= 0.3 is 0 Å². The minimum atomic E-state index is 0.782. The van der Waals surface area contributed by atoms with Crippen LogP contribution in [0.25, 0.3) is 0 Å². The quantitative estimate of drug-likeness (QED) is 0.553. The van der Waals surface area contributed by atoms with Gasteiger partial charge < -0.3 is 22.9 Å². The Morgan fingerprint density at radius 1 is 0.550 bits per heavy atom. The smallest absolute Gasteiger partial charge is 0.0374 e. The first kappa shape index (κ1) is 15.7. The van der Waals surface area contributed by atoms with E-state index >= 15 is 0 Å². The number of benzene rings is 2. The minimum absolute atomic E-state index is 0.782. The normalized spacial score (nSPS) is 9.80. The molecule has 0 aliphatic heterocycles. The third kappa shape index (κ3) is 3.82. The van der Waals surface area contributed by atoms with Gasteiger partial charge in [-0.25, -0.2) is 0 Å². The highest BCUT2D eigenvalue weighted by Gasteiger charge is 1.97. The molecule has 0 atom stereocenters. The van der Waals surface area contributed by atoms with Crippen molar-refractivity contribution in [2.24, 2.45) is 0 Å². The molecule has 0 aromatic heterocycles. The van der Waals surface area contributed by atoms with E-state index in [9.17, 15) is 0 Å². The van der Waals surface area contributed by atoms with Gasteiger partial charge in [-0.1, -0.05) is 0 Å². The van der Waals surface area contributed by atoms with Crippen LogP contribution in [0.15, 0.2) is 24.3 Å². The first-order valence-electron chi connectivity index (χ1n) is 6.46. The van der Waals surface area contributed by atoms with Crippen LogP contribution in [0, 0.1) is 27.7 Å². The lowest BCUT2D eigenvalue weighted by molar-refractivity contribution is 1.39.